The van der Waals surface area contributed by atoms with E-state index >= 15 is 0 Å². The van der Waals surface area contributed by atoms with Gasteiger partial charge in [0.2, 0.25) is 0 Å². The minimum absolute atomic E-state index is 0.0376. The molecule has 1 aliphatic rings. The van der Waals surface area contributed by atoms with E-state index in [2.05, 4.69) is 34.5 Å². The van der Waals surface area contributed by atoms with Crippen LogP contribution in [0, 0.1) is 0 Å². The second-order valence-corrected chi connectivity index (χ2v) is 5.61. The van der Waals surface area contributed by atoms with Gasteiger partial charge in [-0.3, -0.25) is 4.98 Å². The van der Waals surface area contributed by atoms with Crippen LogP contribution in [0.3, 0.4) is 0 Å². The lowest BCUT2D eigenvalue weighted by molar-refractivity contribution is 0.0598. The van der Waals surface area contributed by atoms with E-state index in [4.69, 9.17) is 10.9 Å². The summed E-state index contributed by atoms with van der Waals surface area (Å²) in [5.74, 6) is 0.0376. The first-order valence-corrected chi connectivity index (χ1v) is 6.88. The molecule has 0 spiro atoms. The van der Waals surface area contributed by atoms with E-state index in [1.54, 1.807) is 6.20 Å². The summed E-state index contributed by atoms with van der Waals surface area (Å²) < 4.78 is 0. The van der Waals surface area contributed by atoms with E-state index < -0.39 is 0 Å². The van der Waals surface area contributed by atoms with E-state index in [0.717, 1.165) is 18.7 Å². The Balaban J connectivity index is 1.91. The fourth-order valence-corrected chi connectivity index (χ4v) is 2.58. The third-order valence-corrected chi connectivity index (χ3v) is 4.21. The van der Waals surface area contributed by atoms with Gasteiger partial charge in [0, 0.05) is 24.8 Å². The molecule has 1 heterocycles. The predicted molar refractivity (Wildman–Crippen MR) is 78.7 cm³/mol. The molecule has 6 heteroatoms. The van der Waals surface area contributed by atoms with E-state index in [9.17, 15) is 0 Å². The van der Waals surface area contributed by atoms with Crippen molar-refractivity contribution in [1.82, 2.24) is 15.2 Å². The highest BCUT2D eigenvalue weighted by atomic mass is 16.4. The molecule has 4 N–H and O–H groups in total. The number of oxime groups is 1. The van der Waals surface area contributed by atoms with Crippen molar-refractivity contribution in [2.75, 3.05) is 20.6 Å². The molecule has 0 aromatic carbocycles. The zero-order valence-corrected chi connectivity index (χ0v) is 12.1. The maximum absolute atomic E-state index is 8.66. The summed E-state index contributed by atoms with van der Waals surface area (Å²) in [7, 11) is 4.29. The van der Waals surface area contributed by atoms with E-state index in [-0.39, 0.29) is 5.84 Å². The second-order valence-electron chi connectivity index (χ2n) is 5.61. The van der Waals surface area contributed by atoms with Crippen molar-refractivity contribution in [3.05, 3.63) is 29.6 Å². The number of pyridine rings is 1. The van der Waals surface area contributed by atoms with Gasteiger partial charge in [-0.1, -0.05) is 5.16 Å². The molecule has 0 amide bonds. The van der Waals surface area contributed by atoms with Gasteiger partial charge in [-0.05, 0) is 51.1 Å². The van der Waals surface area contributed by atoms with Gasteiger partial charge in [0.25, 0.3) is 0 Å². The van der Waals surface area contributed by atoms with Gasteiger partial charge in [-0.15, -0.1) is 0 Å². The van der Waals surface area contributed by atoms with Gasteiger partial charge in [0.1, 0.15) is 5.69 Å². The minimum atomic E-state index is 0.0376. The van der Waals surface area contributed by atoms with Crippen LogP contribution >= 0.6 is 0 Å². The van der Waals surface area contributed by atoms with Crippen molar-refractivity contribution >= 4 is 5.84 Å². The Labute approximate surface area is 119 Å². The maximum atomic E-state index is 8.66. The molecule has 1 aliphatic carbocycles. The molecule has 1 aromatic heterocycles. The van der Waals surface area contributed by atoms with Crippen molar-refractivity contribution in [3.8, 4) is 0 Å². The highest BCUT2D eigenvalue weighted by Crippen LogP contribution is 2.35. The molecule has 0 atom stereocenters. The molecule has 1 aromatic rings. The maximum Gasteiger partial charge on any atom is 0.188 e. The fraction of sp³-hybridized carbons (Fsp3) is 0.571. The summed E-state index contributed by atoms with van der Waals surface area (Å²) in [6, 6.07) is 3.77. The smallest absolute Gasteiger partial charge is 0.188 e. The minimum Gasteiger partial charge on any atom is -0.409 e. The summed E-state index contributed by atoms with van der Waals surface area (Å²) in [4.78, 5) is 6.39. The van der Waals surface area contributed by atoms with Crippen LogP contribution in [-0.4, -0.2) is 47.1 Å². The average Bonchev–Trinajstić information content (AvgIpc) is 2.40. The lowest BCUT2D eigenvalue weighted by Crippen LogP contribution is -2.56. The number of hydrogen-bond acceptors (Lipinski definition) is 5. The Bertz CT molecular complexity index is 482. The summed E-state index contributed by atoms with van der Waals surface area (Å²) in [5.41, 5.74) is 7.43. The molecule has 0 aliphatic heterocycles. The quantitative estimate of drug-likeness (QED) is 0.309. The summed E-state index contributed by atoms with van der Waals surface area (Å²) in [5, 5.41) is 15.1. The normalized spacial score (nSPS) is 18.1. The molecular weight excluding hydrogens is 254 g/mol. The Morgan fingerprint density at radius 3 is 2.85 bits per heavy atom. The lowest BCUT2D eigenvalue weighted by atomic mass is 9.75. The average molecular weight is 277 g/mol. The first-order chi connectivity index (χ1) is 9.57. The van der Waals surface area contributed by atoms with Crippen LogP contribution < -0.4 is 11.1 Å². The van der Waals surface area contributed by atoms with Gasteiger partial charge in [0.05, 0.1) is 0 Å². The first kappa shape index (κ1) is 14.7. The molecule has 1 fully saturated rings. The highest BCUT2D eigenvalue weighted by Gasteiger charge is 2.38. The molecule has 110 valence electrons. The Morgan fingerprint density at radius 2 is 2.30 bits per heavy atom. The molecule has 0 bridgehead atoms. The van der Waals surface area contributed by atoms with Crippen molar-refractivity contribution in [2.45, 2.75) is 31.3 Å². The fourth-order valence-electron chi connectivity index (χ4n) is 2.58. The topological polar surface area (TPSA) is 86.8 Å². The number of hydrogen-bond donors (Lipinski definition) is 3. The Kier molecular flexibility index (Phi) is 4.57. The Hall–Kier alpha value is -1.66. The predicted octanol–water partition coefficient (Wildman–Crippen LogP) is 0.750. The van der Waals surface area contributed by atoms with Crippen molar-refractivity contribution in [1.29, 1.82) is 0 Å². The van der Waals surface area contributed by atoms with Crippen molar-refractivity contribution in [2.24, 2.45) is 10.9 Å². The van der Waals surface area contributed by atoms with Crippen molar-refractivity contribution < 1.29 is 5.21 Å². The third kappa shape index (κ3) is 3.08. The van der Waals surface area contributed by atoms with Gasteiger partial charge >= 0.3 is 0 Å². The molecule has 20 heavy (non-hydrogen) atoms. The SMILES string of the molecule is CN(C)C1(CNCc2ccnc(/C(N)=N/O)c2)CCC1. The van der Waals surface area contributed by atoms with E-state index in [0.29, 0.717) is 11.2 Å². The number of rotatable bonds is 6. The molecule has 0 unspecified atom stereocenters. The molecular formula is C14H23N5O. The molecule has 1 saturated carbocycles. The summed E-state index contributed by atoms with van der Waals surface area (Å²) in [6.45, 7) is 1.73. The Morgan fingerprint density at radius 1 is 1.55 bits per heavy atom. The molecule has 0 radical (unpaired) electrons. The van der Waals surface area contributed by atoms with Gasteiger partial charge in [-0.2, -0.15) is 0 Å². The number of nitrogens with one attached hydrogen (secondary N) is 1. The van der Waals surface area contributed by atoms with Crippen LogP contribution in [0.15, 0.2) is 23.5 Å². The molecule has 0 saturated heterocycles. The number of aromatic nitrogens is 1. The van der Waals surface area contributed by atoms with Crippen LogP contribution in [-0.2, 0) is 6.54 Å². The van der Waals surface area contributed by atoms with Crippen LogP contribution in [0.4, 0.5) is 0 Å². The number of likely N-dealkylation sites (N-methyl/N-ethyl adjacent to an activating group) is 1. The number of nitrogens with two attached hydrogens (primary N) is 1. The van der Waals surface area contributed by atoms with Crippen LogP contribution in [0.1, 0.15) is 30.5 Å². The van der Waals surface area contributed by atoms with E-state index in [1.165, 1.54) is 19.3 Å². The second kappa shape index (κ2) is 6.19. The highest BCUT2D eigenvalue weighted by molar-refractivity contribution is 5.95. The number of nitrogens with zero attached hydrogens (tertiary/aromatic N) is 3. The third-order valence-electron chi connectivity index (χ3n) is 4.21. The largest absolute Gasteiger partial charge is 0.409 e. The number of amidine groups is 1. The van der Waals surface area contributed by atoms with Gasteiger partial charge < -0.3 is 21.2 Å². The zero-order chi connectivity index (χ0) is 14.6. The zero-order valence-electron chi connectivity index (χ0n) is 12.1. The first-order valence-electron chi connectivity index (χ1n) is 6.88. The standard InChI is InChI=1S/C14H23N5O/c1-19(2)14(5-3-6-14)10-16-9-11-4-7-17-12(8-11)13(15)18-20/h4,7-8,16,20H,3,5-6,9-10H2,1-2H3,(H2,15,18). The van der Waals surface area contributed by atoms with Gasteiger partial charge in [0.15, 0.2) is 5.84 Å². The summed E-state index contributed by atoms with van der Waals surface area (Å²) in [6.07, 6.45) is 5.48. The monoisotopic (exact) mass is 277 g/mol. The van der Waals surface area contributed by atoms with Crippen LogP contribution in [0.2, 0.25) is 0 Å². The summed E-state index contributed by atoms with van der Waals surface area (Å²) >= 11 is 0. The lowest BCUT2D eigenvalue weighted by Gasteiger charge is -2.47. The molecule has 2 rings (SSSR count). The van der Waals surface area contributed by atoms with Crippen LogP contribution in [0.5, 0.6) is 0 Å². The van der Waals surface area contributed by atoms with Crippen molar-refractivity contribution in [3.63, 3.8) is 0 Å². The van der Waals surface area contributed by atoms with Crippen LogP contribution in [0.25, 0.3) is 0 Å². The molecule has 6 nitrogen and oxygen atoms in total. The van der Waals surface area contributed by atoms with E-state index in [1.807, 2.05) is 12.1 Å². The van der Waals surface area contributed by atoms with Gasteiger partial charge in [-0.25, -0.2) is 0 Å².